The second kappa shape index (κ2) is 5.43. The minimum absolute atomic E-state index is 0.374. The average molecular weight is 325 g/mol. The van der Waals surface area contributed by atoms with E-state index in [4.69, 9.17) is 10.6 Å². The molecule has 0 spiro atoms. The lowest BCUT2D eigenvalue weighted by molar-refractivity contribution is 0.386. The summed E-state index contributed by atoms with van der Waals surface area (Å²) in [5.74, 6) is 9.34. The van der Waals surface area contributed by atoms with E-state index < -0.39 is 0 Å². The number of nitrogens with two attached hydrogens (primary N) is 1. The zero-order chi connectivity index (χ0) is 13.4. The van der Waals surface area contributed by atoms with Gasteiger partial charge in [-0.25, -0.2) is 0 Å². The van der Waals surface area contributed by atoms with Crippen molar-refractivity contribution in [1.82, 2.24) is 5.43 Å². The van der Waals surface area contributed by atoms with Gasteiger partial charge in [0.2, 0.25) is 0 Å². The zero-order valence-electron chi connectivity index (χ0n) is 11.2. The second-order valence-corrected chi connectivity index (χ2v) is 6.69. The first-order chi connectivity index (χ1) is 9.24. The monoisotopic (exact) mass is 324 g/mol. The van der Waals surface area contributed by atoms with Gasteiger partial charge in [0.1, 0.15) is 5.75 Å². The van der Waals surface area contributed by atoms with Crippen LogP contribution in [0, 0.1) is 17.8 Å². The van der Waals surface area contributed by atoms with E-state index in [9.17, 15) is 0 Å². The van der Waals surface area contributed by atoms with Gasteiger partial charge in [-0.3, -0.25) is 11.3 Å². The molecule has 0 heterocycles. The molecule has 0 aliphatic heterocycles. The highest BCUT2D eigenvalue weighted by Crippen LogP contribution is 2.59. The Morgan fingerprint density at radius 1 is 1.42 bits per heavy atom. The van der Waals surface area contributed by atoms with Crippen LogP contribution in [0.25, 0.3) is 0 Å². The predicted molar refractivity (Wildman–Crippen MR) is 79.8 cm³/mol. The highest BCUT2D eigenvalue weighted by molar-refractivity contribution is 9.10. The van der Waals surface area contributed by atoms with Crippen molar-refractivity contribution in [3.8, 4) is 5.75 Å². The topological polar surface area (TPSA) is 47.3 Å². The van der Waals surface area contributed by atoms with E-state index in [1.807, 2.05) is 12.1 Å². The fourth-order valence-electron chi connectivity index (χ4n) is 3.92. The number of hydrazine groups is 1. The third-order valence-electron chi connectivity index (χ3n) is 4.83. The molecule has 0 aromatic heterocycles. The van der Waals surface area contributed by atoms with Crippen molar-refractivity contribution >= 4 is 15.9 Å². The normalized spacial score (nSPS) is 29.9. The van der Waals surface area contributed by atoms with Crippen LogP contribution in [0.1, 0.15) is 24.8 Å². The number of methoxy groups -OCH3 is 1. The predicted octanol–water partition coefficient (Wildman–Crippen LogP) is 2.88. The second-order valence-electron chi connectivity index (χ2n) is 5.77. The number of hydrogen-bond donors (Lipinski definition) is 2. The van der Waals surface area contributed by atoms with Crippen molar-refractivity contribution in [2.75, 3.05) is 7.11 Å². The molecule has 2 aliphatic carbocycles. The molecule has 3 N–H and O–H groups in total. The molecule has 4 heteroatoms. The van der Waals surface area contributed by atoms with Crippen molar-refractivity contribution in [2.24, 2.45) is 23.6 Å². The lowest BCUT2D eigenvalue weighted by Crippen LogP contribution is -2.39. The molecule has 1 aromatic rings. The highest BCUT2D eigenvalue weighted by Gasteiger charge is 2.55. The van der Waals surface area contributed by atoms with Crippen molar-refractivity contribution in [2.45, 2.75) is 31.7 Å². The number of rotatable bonds is 5. The molecule has 3 rings (SSSR count). The van der Waals surface area contributed by atoms with Crippen LogP contribution >= 0.6 is 15.9 Å². The fourth-order valence-corrected chi connectivity index (χ4v) is 4.33. The lowest BCUT2D eigenvalue weighted by Gasteiger charge is -2.19. The van der Waals surface area contributed by atoms with E-state index in [-0.39, 0.29) is 0 Å². The molecule has 19 heavy (non-hydrogen) atoms. The maximum atomic E-state index is 5.79. The summed E-state index contributed by atoms with van der Waals surface area (Å²) in [5.41, 5.74) is 4.27. The van der Waals surface area contributed by atoms with Gasteiger partial charge in [-0.2, -0.15) is 0 Å². The number of nitrogens with one attached hydrogen (secondary N) is 1. The zero-order valence-corrected chi connectivity index (χ0v) is 12.8. The van der Waals surface area contributed by atoms with Gasteiger partial charge in [0.05, 0.1) is 7.11 Å². The first-order valence-electron chi connectivity index (χ1n) is 7.03. The summed E-state index contributed by atoms with van der Waals surface area (Å²) in [6.45, 7) is 0. The van der Waals surface area contributed by atoms with Crippen molar-refractivity contribution < 1.29 is 4.74 Å². The smallest absolute Gasteiger partial charge is 0.122 e. The first-order valence-corrected chi connectivity index (χ1v) is 7.82. The summed E-state index contributed by atoms with van der Waals surface area (Å²) in [4.78, 5) is 0. The number of benzene rings is 1. The molecule has 2 aliphatic rings. The molecule has 0 bridgehead atoms. The van der Waals surface area contributed by atoms with Crippen LogP contribution < -0.4 is 16.0 Å². The maximum Gasteiger partial charge on any atom is 0.122 e. The molecule has 0 amide bonds. The molecular formula is C15H21BrN2O. The van der Waals surface area contributed by atoms with Gasteiger partial charge in [0.15, 0.2) is 0 Å². The molecule has 1 aromatic carbocycles. The lowest BCUT2D eigenvalue weighted by atomic mass is 9.97. The van der Waals surface area contributed by atoms with E-state index in [1.165, 1.54) is 24.8 Å². The molecule has 0 radical (unpaired) electrons. The van der Waals surface area contributed by atoms with Gasteiger partial charge >= 0.3 is 0 Å². The molecule has 3 nitrogen and oxygen atoms in total. The minimum atomic E-state index is 0.374. The van der Waals surface area contributed by atoms with Crippen LogP contribution in [0.5, 0.6) is 5.75 Å². The summed E-state index contributed by atoms with van der Waals surface area (Å²) in [5, 5.41) is 0. The average Bonchev–Trinajstić information content (AvgIpc) is 2.88. The Hall–Kier alpha value is -0.580. The van der Waals surface area contributed by atoms with Crippen LogP contribution in [-0.2, 0) is 6.42 Å². The van der Waals surface area contributed by atoms with Crippen LogP contribution in [0.3, 0.4) is 0 Å². The number of ether oxygens (including phenoxy) is 1. The molecule has 3 atom stereocenters. The fraction of sp³-hybridized carbons (Fsp3) is 0.600. The Balaban J connectivity index is 1.74. The largest absolute Gasteiger partial charge is 0.496 e. The summed E-state index contributed by atoms with van der Waals surface area (Å²) in [6, 6.07) is 6.54. The molecular weight excluding hydrogens is 304 g/mol. The molecule has 3 unspecified atom stereocenters. The third-order valence-corrected chi connectivity index (χ3v) is 5.33. The summed E-state index contributed by atoms with van der Waals surface area (Å²) < 4.78 is 6.54. The number of fused-ring (bicyclic) bond motifs is 1. The Bertz CT molecular complexity index is 455. The summed E-state index contributed by atoms with van der Waals surface area (Å²) in [6.07, 6.45) is 5.13. The van der Waals surface area contributed by atoms with E-state index >= 15 is 0 Å². The van der Waals surface area contributed by atoms with Crippen molar-refractivity contribution in [1.29, 1.82) is 0 Å². The van der Waals surface area contributed by atoms with Gasteiger partial charge in [0, 0.05) is 10.5 Å². The van der Waals surface area contributed by atoms with Crippen LogP contribution in [-0.4, -0.2) is 13.2 Å². The van der Waals surface area contributed by atoms with Crippen molar-refractivity contribution in [3.63, 3.8) is 0 Å². The van der Waals surface area contributed by atoms with E-state index in [0.717, 1.165) is 34.4 Å². The molecule has 0 saturated heterocycles. The summed E-state index contributed by atoms with van der Waals surface area (Å²) in [7, 11) is 1.73. The summed E-state index contributed by atoms with van der Waals surface area (Å²) >= 11 is 3.53. The molecule has 2 saturated carbocycles. The first kappa shape index (κ1) is 13.4. The van der Waals surface area contributed by atoms with Crippen LogP contribution in [0.2, 0.25) is 0 Å². The van der Waals surface area contributed by atoms with E-state index in [1.54, 1.807) is 7.11 Å². The maximum absolute atomic E-state index is 5.79. The SMILES string of the molecule is COc1ccc(Br)cc1CC(NN)C1C2CCCC21. The van der Waals surface area contributed by atoms with Gasteiger partial charge < -0.3 is 4.74 Å². The minimum Gasteiger partial charge on any atom is -0.496 e. The van der Waals surface area contributed by atoms with Gasteiger partial charge in [-0.15, -0.1) is 0 Å². The third kappa shape index (κ3) is 2.54. The molecule has 104 valence electrons. The molecule has 2 fully saturated rings. The number of hydrogen-bond acceptors (Lipinski definition) is 3. The number of halogens is 1. The van der Waals surface area contributed by atoms with Gasteiger partial charge in [0.25, 0.3) is 0 Å². The van der Waals surface area contributed by atoms with Crippen LogP contribution in [0.15, 0.2) is 22.7 Å². The van der Waals surface area contributed by atoms with Gasteiger partial charge in [-0.1, -0.05) is 22.4 Å². The Morgan fingerprint density at radius 3 is 2.79 bits per heavy atom. The van der Waals surface area contributed by atoms with E-state index in [2.05, 4.69) is 27.4 Å². The van der Waals surface area contributed by atoms with E-state index in [0.29, 0.717) is 6.04 Å². The Morgan fingerprint density at radius 2 is 2.16 bits per heavy atom. The van der Waals surface area contributed by atoms with Crippen LogP contribution in [0.4, 0.5) is 0 Å². The van der Waals surface area contributed by atoms with Crippen molar-refractivity contribution in [3.05, 3.63) is 28.2 Å². The highest BCUT2D eigenvalue weighted by atomic mass is 79.9. The van der Waals surface area contributed by atoms with Gasteiger partial charge in [-0.05, 0) is 60.8 Å². The quantitative estimate of drug-likeness (QED) is 0.646. The standard InChI is InChI=1S/C15H21BrN2O/c1-19-14-6-5-10(16)7-9(14)8-13(18-17)15-11-3-2-4-12(11)15/h5-7,11-13,15,18H,2-4,8,17H2,1H3. The Labute approximate surface area is 123 Å². The Kier molecular flexibility index (Phi) is 3.83.